The summed E-state index contributed by atoms with van der Waals surface area (Å²) in [5.74, 6) is 1.78. The van der Waals surface area contributed by atoms with Crippen LogP contribution in [-0.4, -0.2) is 49.3 Å². The Morgan fingerprint density at radius 1 is 1.27 bits per heavy atom. The molecular weight excluding hydrogens is 276 g/mol. The zero-order valence-electron chi connectivity index (χ0n) is 13.5. The molecule has 4 heteroatoms. The zero-order valence-corrected chi connectivity index (χ0v) is 13.5. The number of aliphatic hydroxyl groups excluding tert-OH is 1. The molecule has 0 spiro atoms. The standard InChI is InChI=1S/C18H28N2O2/c1-22-17-4-2-3-15(11-17)18(21)12-19-16-7-9-20(10-8-16)13-14-5-6-14/h2-4,11,14,16,18-19,21H,5-10,12-13H2,1H3. The zero-order chi connectivity index (χ0) is 15.4. The topological polar surface area (TPSA) is 44.7 Å². The van der Waals surface area contributed by atoms with Crippen molar-refractivity contribution >= 4 is 0 Å². The van der Waals surface area contributed by atoms with Crippen molar-refractivity contribution in [3.05, 3.63) is 29.8 Å². The molecule has 22 heavy (non-hydrogen) atoms. The highest BCUT2D eigenvalue weighted by atomic mass is 16.5. The van der Waals surface area contributed by atoms with Crippen LogP contribution in [0.1, 0.15) is 37.4 Å². The number of aliphatic hydroxyl groups is 1. The molecule has 2 aliphatic rings. The summed E-state index contributed by atoms with van der Waals surface area (Å²) in [5.41, 5.74) is 0.915. The highest BCUT2D eigenvalue weighted by Gasteiger charge is 2.27. The van der Waals surface area contributed by atoms with Crippen LogP contribution in [0.4, 0.5) is 0 Å². The van der Waals surface area contributed by atoms with Crippen LogP contribution in [0, 0.1) is 5.92 Å². The van der Waals surface area contributed by atoms with Gasteiger partial charge in [-0.3, -0.25) is 0 Å². The average Bonchev–Trinajstić information content (AvgIpc) is 3.38. The van der Waals surface area contributed by atoms with Gasteiger partial charge in [0.05, 0.1) is 13.2 Å². The molecule has 0 aromatic heterocycles. The van der Waals surface area contributed by atoms with E-state index in [9.17, 15) is 5.11 Å². The van der Waals surface area contributed by atoms with E-state index in [1.165, 1.54) is 45.3 Å². The van der Waals surface area contributed by atoms with E-state index in [1.807, 2.05) is 24.3 Å². The second-order valence-corrected chi connectivity index (χ2v) is 6.72. The van der Waals surface area contributed by atoms with Crippen LogP contribution < -0.4 is 10.1 Å². The lowest BCUT2D eigenvalue weighted by Gasteiger charge is -2.33. The number of likely N-dealkylation sites (tertiary alicyclic amines) is 1. The molecule has 0 amide bonds. The normalized spacial score (nSPS) is 21.7. The van der Waals surface area contributed by atoms with Crippen molar-refractivity contribution in [2.24, 2.45) is 5.92 Å². The molecule has 1 saturated heterocycles. The number of piperidine rings is 1. The van der Waals surface area contributed by atoms with Gasteiger partial charge in [0.1, 0.15) is 5.75 Å². The van der Waals surface area contributed by atoms with Crippen molar-refractivity contribution in [2.75, 3.05) is 33.3 Å². The van der Waals surface area contributed by atoms with Gasteiger partial charge in [0.15, 0.2) is 0 Å². The molecule has 1 saturated carbocycles. The maximum atomic E-state index is 10.3. The summed E-state index contributed by atoms with van der Waals surface area (Å²) < 4.78 is 5.21. The molecule has 2 fully saturated rings. The van der Waals surface area contributed by atoms with Crippen molar-refractivity contribution in [1.29, 1.82) is 0 Å². The van der Waals surface area contributed by atoms with Gasteiger partial charge in [-0.05, 0) is 62.4 Å². The number of ether oxygens (including phenoxy) is 1. The summed E-state index contributed by atoms with van der Waals surface area (Å²) in [7, 11) is 1.65. The second-order valence-electron chi connectivity index (χ2n) is 6.72. The number of methoxy groups -OCH3 is 1. The lowest BCUT2D eigenvalue weighted by atomic mass is 10.0. The monoisotopic (exact) mass is 304 g/mol. The van der Waals surface area contributed by atoms with E-state index >= 15 is 0 Å². The summed E-state index contributed by atoms with van der Waals surface area (Å²) in [6.45, 7) is 4.31. The molecule has 1 aliphatic carbocycles. The first kappa shape index (κ1) is 15.8. The minimum atomic E-state index is -0.473. The van der Waals surface area contributed by atoms with Crippen LogP contribution >= 0.6 is 0 Å². The van der Waals surface area contributed by atoms with Gasteiger partial charge in [0, 0.05) is 19.1 Å². The highest BCUT2D eigenvalue weighted by Crippen LogP contribution is 2.30. The third-order valence-corrected chi connectivity index (χ3v) is 4.88. The first-order valence-corrected chi connectivity index (χ1v) is 8.52. The smallest absolute Gasteiger partial charge is 0.119 e. The van der Waals surface area contributed by atoms with E-state index < -0.39 is 6.10 Å². The van der Waals surface area contributed by atoms with Crippen molar-refractivity contribution in [1.82, 2.24) is 10.2 Å². The van der Waals surface area contributed by atoms with Crippen LogP contribution in [-0.2, 0) is 0 Å². The van der Waals surface area contributed by atoms with Gasteiger partial charge < -0.3 is 20.1 Å². The predicted molar refractivity (Wildman–Crippen MR) is 88.1 cm³/mol. The molecule has 0 radical (unpaired) electrons. The van der Waals surface area contributed by atoms with Crippen molar-refractivity contribution < 1.29 is 9.84 Å². The Bertz CT molecular complexity index is 468. The van der Waals surface area contributed by atoms with E-state index in [4.69, 9.17) is 4.74 Å². The molecule has 122 valence electrons. The molecule has 2 N–H and O–H groups in total. The predicted octanol–water partition coefficient (Wildman–Crippen LogP) is 2.19. The molecule has 3 rings (SSSR count). The van der Waals surface area contributed by atoms with E-state index in [0.29, 0.717) is 12.6 Å². The fourth-order valence-electron chi connectivity index (χ4n) is 3.23. The molecule has 1 aromatic rings. The Labute approximate surface area is 133 Å². The van der Waals surface area contributed by atoms with Gasteiger partial charge in [-0.1, -0.05) is 12.1 Å². The molecule has 1 heterocycles. The summed E-state index contributed by atoms with van der Waals surface area (Å²) in [6, 6.07) is 8.22. The Morgan fingerprint density at radius 2 is 2.05 bits per heavy atom. The molecule has 0 bridgehead atoms. The summed E-state index contributed by atoms with van der Waals surface area (Å²) in [5, 5.41) is 13.9. The molecule has 1 aromatic carbocycles. The van der Waals surface area contributed by atoms with Crippen LogP contribution in [0.15, 0.2) is 24.3 Å². The summed E-state index contributed by atoms with van der Waals surface area (Å²) >= 11 is 0. The Hall–Kier alpha value is -1.10. The van der Waals surface area contributed by atoms with Crippen LogP contribution in [0.5, 0.6) is 5.75 Å². The average molecular weight is 304 g/mol. The largest absolute Gasteiger partial charge is 0.497 e. The Morgan fingerprint density at radius 3 is 2.73 bits per heavy atom. The number of rotatable bonds is 7. The highest BCUT2D eigenvalue weighted by molar-refractivity contribution is 5.29. The number of benzene rings is 1. The maximum Gasteiger partial charge on any atom is 0.119 e. The van der Waals surface area contributed by atoms with Gasteiger partial charge in [0.2, 0.25) is 0 Å². The fraction of sp³-hybridized carbons (Fsp3) is 0.667. The molecule has 1 unspecified atom stereocenters. The molecule has 1 aliphatic heterocycles. The first-order valence-electron chi connectivity index (χ1n) is 8.52. The second kappa shape index (κ2) is 7.44. The van der Waals surface area contributed by atoms with E-state index in [1.54, 1.807) is 7.11 Å². The van der Waals surface area contributed by atoms with E-state index in [2.05, 4.69) is 10.2 Å². The van der Waals surface area contributed by atoms with Crippen LogP contribution in [0.3, 0.4) is 0 Å². The minimum absolute atomic E-state index is 0.473. The van der Waals surface area contributed by atoms with Gasteiger partial charge >= 0.3 is 0 Å². The Kier molecular flexibility index (Phi) is 5.34. The molecule has 4 nitrogen and oxygen atoms in total. The number of hydrogen-bond donors (Lipinski definition) is 2. The number of nitrogens with zero attached hydrogens (tertiary/aromatic N) is 1. The Balaban J connectivity index is 1.40. The summed E-state index contributed by atoms with van der Waals surface area (Å²) in [6.07, 6.45) is 4.78. The van der Waals surface area contributed by atoms with Gasteiger partial charge in [-0.2, -0.15) is 0 Å². The van der Waals surface area contributed by atoms with Gasteiger partial charge in [0.25, 0.3) is 0 Å². The van der Waals surface area contributed by atoms with Crippen molar-refractivity contribution in [2.45, 2.75) is 37.8 Å². The number of hydrogen-bond acceptors (Lipinski definition) is 4. The van der Waals surface area contributed by atoms with Crippen molar-refractivity contribution in [3.63, 3.8) is 0 Å². The third-order valence-electron chi connectivity index (χ3n) is 4.88. The van der Waals surface area contributed by atoms with E-state index in [-0.39, 0.29) is 0 Å². The minimum Gasteiger partial charge on any atom is -0.497 e. The van der Waals surface area contributed by atoms with Gasteiger partial charge in [-0.15, -0.1) is 0 Å². The lowest BCUT2D eigenvalue weighted by Crippen LogP contribution is -2.44. The van der Waals surface area contributed by atoms with Crippen LogP contribution in [0.25, 0.3) is 0 Å². The van der Waals surface area contributed by atoms with Crippen molar-refractivity contribution in [3.8, 4) is 5.75 Å². The number of nitrogens with one attached hydrogen (secondary N) is 1. The quantitative estimate of drug-likeness (QED) is 0.810. The SMILES string of the molecule is COc1cccc(C(O)CNC2CCN(CC3CC3)CC2)c1. The van der Waals surface area contributed by atoms with Crippen LogP contribution in [0.2, 0.25) is 0 Å². The fourth-order valence-corrected chi connectivity index (χ4v) is 3.23. The summed E-state index contributed by atoms with van der Waals surface area (Å²) in [4.78, 5) is 2.61. The molecule has 1 atom stereocenters. The van der Waals surface area contributed by atoms with Gasteiger partial charge in [-0.25, -0.2) is 0 Å². The first-order chi connectivity index (χ1) is 10.7. The lowest BCUT2D eigenvalue weighted by molar-refractivity contribution is 0.149. The van der Waals surface area contributed by atoms with E-state index in [0.717, 1.165) is 17.2 Å². The maximum absolute atomic E-state index is 10.3. The third kappa shape index (κ3) is 4.45. The molecular formula is C18H28N2O2.